The van der Waals surface area contributed by atoms with Gasteiger partial charge >= 0.3 is 0 Å². The van der Waals surface area contributed by atoms with Gasteiger partial charge in [-0.3, -0.25) is 0 Å². The van der Waals surface area contributed by atoms with E-state index in [0.29, 0.717) is 12.6 Å². The van der Waals surface area contributed by atoms with Gasteiger partial charge in [0, 0.05) is 18.2 Å². The second kappa shape index (κ2) is 4.50. The van der Waals surface area contributed by atoms with Gasteiger partial charge in [-0.15, -0.1) is 0 Å². The molecule has 3 saturated carbocycles. The summed E-state index contributed by atoms with van der Waals surface area (Å²) in [5, 5.41) is 13.4. The molecule has 0 radical (unpaired) electrons. The number of benzene rings is 1. The third-order valence-corrected chi connectivity index (χ3v) is 5.60. The Kier molecular flexibility index (Phi) is 2.86. The smallest absolute Gasteiger partial charge is 0.129 e. The molecule has 3 aliphatic rings. The maximum Gasteiger partial charge on any atom is 0.129 e. The van der Waals surface area contributed by atoms with Crippen LogP contribution in [0.4, 0.5) is 8.78 Å². The van der Waals surface area contributed by atoms with Crippen LogP contribution in [0.3, 0.4) is 0 Å². The van der Waals surface area contributed by atoms with E-state index in [-0.39, 0.29) is 5.56 Å². The first-order valence-electron chi connectivity index (χ1n) is 7.51. The van der Waals surface area contributed by atoms with Crippen LogP contribution >= 0.6 is 0 Å². The Bertz CT molecular complexity index is 519. The molecule has 108 valence electrons. The zero-order valence-corrected chi connectivity index (χ0v) is 11.2. The van der Waals surface area contributed by atoms with Crippen molar-refractivity contribution >= 4 is 0 Å². The maximum atomic E-state index is 13.6. The van der Waals surface area contributed by atoms with Crippen molar-refractivity contribution in [2.24, 2.45) is 23.7 Å². The zero-order chi connectivity index (χ0) is 13.9. The quantitative estimate of drug-likeness (QED) is 0.888. The van der Waals surface area contributed by atoms with E-state index in [0.717, 1.165) is 41.9 Å². The fourth-order valence-corrected chi connectivity index (χ4v) is 4.73. The minimum Gasteiger partial charge on any atom is -0.387 e. The Labute approximate surface area is 117 Å². The van der Waals surface area contributed by atoms with Crippen molar-refractivity contribution in [2.75, 3.05) is 6.54 Å². The van der Waals surface area contributed by atoms with Crippen LogP contribution < -0.4 is 5.32 Å². The predicted octanol–water partition coefficient (Wildman–Crippen LogP) is 2.63. The summed E-state index contributed by atoms with van der Waals surface area (Å²) < 4.78 is 26.7. The van der Waals surface area contributed by atoms with Crippen molar-refractivity contribution in [3.8, 4) is 0 Å². The van der Waals surface area contributed by atoms with Gasteiger partial charge in [0.1, 0.15) is 11.6 Å². The Balaban J connectivity index is 1.37. The minimum atomic E-state index is -0.982. The summed E-state index contributed by atoms with van der Waals surface area (Å²) in [5.74, 6) is 2.23. The van der Waals surface area contributed by atoms with Crippen LogP contribution in [0.5, 0.6) is 0 Å². The molecule has 2 bridgehead atoms. The van der Waals surface area contributed by atoms with E-state index in [2.05, 4.69) is 5.32 Å². The fourth-order valence-electron chi connectivity index (χ4n) is 4.73. The second-order valence-electron chi connectivity index (χ2n) is 6.60. The molecule has 2 N–H and O–H groups in total. The highest BCUT2D eigenvalue weighted by molar-refractivity contribution is 5.22. The lowest BCUT2D eigenvalue weighted by Gasteiger charge is -2.15. The number of nitrogens with one attached hydrogen (secondary N) is 1. The molecule has 0 aliphatic heterocycles. The predicted molar refractivity (Wildman–Crippen MR) is 70.9 cm³/mol. The van der Waals surface area contributed by atoms with Gasteiger partial charge in [0.05, 0.1) is 6.10 Å². The fraction of sp³-hybridized carbons (Fsp3) is 0.625. The average molecular weight is 279 g/mol. The molecule has 5 unspecified atom stereocenters. The number of aliphatic hydroxyl groups is 1. The van der Waals surface area contributed by atoms with Crippen molar-refractivity contribution in [3.05, 3.63) is 35.4 Å². The molecule has 0 aromatic heterocycles. The molecule has 20 heavy (non-hydrogen) atoms. The molecule has 0 amide bonds. The van der Waals surface area contributed by atoms with E-state index in [1.165, 1.54) is 19.3 Å². The summed E-state index contributed by atoms with van der Waals surface area (Å²) in [6.07, 6.45) is 3.11. The number of rotatable bonds is 4. The lowest BCUT2D eigenvalue weighted by Crippen LogP contribution is -2.28. The number of hydrogen-bond acceptors (Lipinski definition) is 2. The molecule has 0 heterocycles. The van der Waals surface area contributed by atoms with Gasteiger partial charge in [0.2, 0.25) is 0 Å². The van der Waals surface area contributed by atoms with Crippen LogP contribution in [0.1, 0.15) is 30.9 Å². The summed E-state index contributed by atoms with van der Waals surface area (Å²) in [5.41, 5.74) is 0.0475. The zero-order valence-electron chi connectivity index (χ0n) is 11.2. The molecular formula is C16H19F2NO. The molecule has 3 aliphatic carbocycles. The monoisotopic (exact) mass is 279 g/mol. The molecule has 2 nitrogen and oxygen atoms in total. The first-order valence-corrected chi connectivity index (χ1v) is 7.51. The van der Waals surface area contributed by atoms with E-state index in [1.54, 1.807) is 0 Å². The number of fused-ring (bicyclic) bond motifs is 5. The first-order chi connectivity index (χ1) is 9.65. The topological polar surface area (TPSA) is 32.3 Å². The minimum absolute atomic E-state index is 0.0475. The van der Waals surface area contributed by atoms with E-state index in [4.69, 9.17) is 0 Å². The van der Waals surface area contributed by atoms with Crippen molar-refractivity contribution in [1.82, 2.24) is 5.32 Å². The lowest BCUT2D eigenvalue weighted by molar-refractivity contribution is 0.166. The van der Waals surface area contributed by atoms with Crippen LogP contribution in [-0.2, 0) is 0 Å². The largest absolute Gasteiger partial charge is 0.387 e. The summed E-state index contributed by atoms with van der Waals surface area (Å²) in [4.78, 5) is 0. The second-order valence-corrected chi connectivity index (χ2v) is 6.60. The Morgan fingerprint density at radius 1 is 1.20 bits per heavy atom. The van der Waals surface area contributed by atoms with Crippen LogP contribution in [0.15, 0.2) is 18.2 Å². The van der Waals surface area contributed by atoms with E-state index in [1.807, 2.05) is 0 Å². The van der Waals surface area contributed by atoms with E-state index in [9.17, 15) is 13.9 Å². The molecule has 1 aromatic carbocycles. The van der Waals surface area contributed by atoms with Crippen LogP contribution in [-0.4, -0.2) is 17.7 Å². The van der Waals surface area contributed by atoms with Gasteiger partial charge in [-0.1, -0.05) is 0 Å². The van der Waals surface area contributed by atoms with Crippen molar-refractivity contribution < 1.29 is 13.9 Å². The highest BCUT2D eigenvalue weighted by atomic mass is 19.1. The average Bonchev–Trinajstić information content (AvgIpc) is 2.82. The molecule has 5 atom stereocenters. The summed E-state index contributed by atoms with van der Waals surface area (Å²) in [7, 11) is 0. The highest BCUT2D eigenvalue weighted by Crippen LogP contribution is 2.65. The molecule has 0 saturated heterocycles. The molecule has 4 rings (SSSR count). The van der Waals surface area contributed by atoms with Crippen LogP contribution in [0.25, 0.3) is 0 Å². The summed E-state index contributed by atoms with van der Waals surface area (Å²) in [6.45, 7) is 0.303. The SMILES string of the molecule is OC(CNC1C2C3CCC(C3)C12)c1cc(F)ccc1F. The van der Waals surface area contributed by atoms with Crippen molar-refractivity contribution in [2.45, 2.75) is 31.4 Å². The Morgan fingerprint density at radius 2 is 1.90 bits per heavy atom. The molecule has 3 fully saturated rings. The normalized spacial score (nSPS) is 38.9. The van der Waals surface area contributed by atoms with E-state index < -0.39 is 17.7 Å². The van der Waals surface area contributed by atoms with Gasteiger partial charge in [-0.25, -0.2) is 8.78 Å². The molecular weight excluding hydrogens is 260 g/mol. The van der Waals surface area contributed by atoms with Gasteiger partial charge in [0.15, 0.2) is 0 Å². The van der Waals surface area contributed by atoms with E-state index >= 15 is 0 Å². The lowest BCUT2D eigenvalue weighted by atomic mass is 10.0. The standard InChI is InChI=1S/C16H19F2NO/c17-10-3-4-12(18)11(6-10)13(20)7-19-16-14-8-1-2-9(5-8)15(14)16/h3-4,6,8-9,13-16,19-20H,1-2,5,7H2. The van der Waals surface area contributed by atoms with Crippen LogP contribution in [0.2, 0.25) is 0 Å². The molecule has 1 aromatic rings. The molecule has 0 spiro atoms. The van der Waals surface area contributed by atoms with Gasteiger partial charge in [-0.05, 0) is 61.1 Å². The Hall–Kier alpha value is -1.00. The third-order valence-electron chi connectivity index (χ3n) is 5.60. The highest BCUT2D eigenvalue weighted by Gasteiger charge is 2.64. The number of hydrogen-bond donors (Lipinski definition) is 2. The number of halogens is 2. The van der Waals surface area contributed by atoms with Gasteiger partial charge in [0.25, 0.3) is 0 Å². The number of aliphatic hydroxyl groups excluding tert-OH is 1. The van der Waals surface area contributed by atoms with Crippen LogP contribution in [0, 0.1) is 35.3 Å². The van der Waals surface area contributed by atoms with Crippen molar-refractivity contribution in [3.63, 3.8) is 0 Å². The maximum absolute atomic E-state index is 13.6. The van der Waals surface area contributed by atoms with Gasteiger partial charge < -0.3 is 10.4 Å². The summed E-state index contributed by atoms with van der Waals surface area (Å²) >= 11 is 0. The Morgan fingerprint density at radius 3 is 2.60 bits per heavy atom. The summed E-state index contributed by atoms with van der Waals surface area (Å²) in [6, 6.07) is 3.72. The van der Waals surface area contributed by atoms with Crippen molar-refractivity contribution in [1.29, 1.82) is 0 Å². The van der Waals surface area contributed by atoms with Gasteiger partial charge in [-0.2, -0.15) is 0 Å². The third kappa shape index (κ3) is 1.89. The first kappa shape index (κ1) is 12.7. The molecule has 4 heteroatoms.